The van der Waals surface area contributed by atoms with Crippen LogP contribution in [0.25, 0.3) is 0 Å². The third-order valence-corrected chi connectivity index (χ3v) is 1.93. The van der Waals surface area contributed by atoms with Crippen LogP contribution in [0.1, 0.15) is 6.92 Å². The van der Waals surface area contributed by atoms with Gasteiger partial charge in [0.2, 0.25) is 0 Å². The maximum absolute atomic E-state index is 5.52. The fraction of sp³-hybridized carbons (Fsp3) is 1.00. The Kier molecular flexibility index (Phi) is 11.1. The molecule has 0 amide bonds. The highest BCUT2D eigenvalue weighted by molar-refractivity contribution is 4.42. The van der Waals surface area contributed by atoms with Crippen LogP contribution in [0.4, 0.5) is 0 Å². The molecule has 16 heavy (non-hydrogen) atoms. The molecule has 0 N–H and O–H groups in total. The topological polar surface area (TPSA) is 43.4 Å². The zero-order chi connectivity index (χ0) is 12.2. The number of hydrogen-bond donors (Lipinski definition) is 0. The van der Waals surface area contributed by atoms with E-state index in [4.69, 9.17) is 18.9 Å². The molecule has 0 saturated heterocycles. The first-order chi connectivity index (χ1) is 7.78. The summed E-state index contributed by atoms with van der Waals surface area (Å²) < 4.78 is 20.6. The molecule has 0 saturated carbocycles. The molecule has 0 aliphatic rings. The Balaban J connectivity index is 3.65. The molecule has 0 rings (SSSR count). The molecule has 0 aromatic carbocycles. The lowest BCUT2D eigenvalue weighted by atomic mass is 10.6. The van der Waals surface area contributed by atoms with E-state index in [1.165, 1.54) is 0 Å². The van der Waals surface area contributed by atoms with Crippen molar-refractivity contribution in [3.8, 4) is 0 Å². The van der Waals surface area contributed by atoms with Crippen molar-refractivity contribution < 1.29 is 18.9 Å². The molecule has 6 nitrogen and oxygen atoms in total. The van der Waals surface area contributed by atoms with Gasteiger partial charge in [0.25, 0.3) is 0 Å². The van der Waals surface area contributed by atoms with Crippen LogP contribution in [0, 0.1) is 0 Å². The van der Waals surface area contributed by atoms with Gasteiger partial charge in [-0.3, -0.25) is 4.90 Å². The van der Waals surface area contributed by atoms with Gasteiger partial charge in [0.15, 0.2) is 0 Å². The average Bonchev–Trinajstić information content (AvgIpc) is 2.28. The van der Waals surface area contributed by atoms with Gasteiger partial charge in [-0.05, 0) is 6.54 Å². The van der Waals surface area contributed by atoms with Gasteiger partial charge in [0, 0.05) is 21.3 Å². The van der Waals surface area contributed by atoms with Crippen molar-refractivity contribution in [3.05, 3.63) is 0 Å². The van der Waals surface area contributed by atoms with E-state index in [2.05, 4.69) is 6.92 Å². The summed E-state index contributed by atoms with van der Waals surface area (Å²) in [5.41, 5.74) is 0. The largest absolute Gasteiger partial charge is 0.369 e. The molecular weight excluding hydrogens is 212 g/mol. The number of hydrogen-bond acceptors (Lipinski definition) is 6. The van der Waals surface area contributed by atoms with Crippen molar-refractivity contribution in [2.75, 3.05) is 61.5 Å². The van der Waals surface area contributed by atoms with Crippen LogP contribution < -0.4 is 0 Å². The van der Waals surface area contributed by atoms with Crippen LogP contribution >= 0.6 is 0 Å². The molecule has 98 valence electrons. The first kappa shape index (κ1) is 15.8. The Bertz CT molecular complexity index is 143. The van der Waals surface area contributed by atoms with Gasteiger partial charge in [0.1, 0.15) is 33.7 Å². The van der Waals surface area contributed by atoms with E-state index in [9.17, 15) is 0 Å². The summed E-state index contributed by atoms with van der Waals surface area (Å²) in [5, 5.41) is 0. The second-order valence-corrected chi connectivity index (χ2v) is 3.37. The monoisotopic (exact) mass is 236 g/mol. The molecule has 0 aliphatic carbocycles. The van der Waals surface area contributed by atoms with Crippen molar-refractivity contribution in [1.82, 2.24) is 9.80 Å². The van der Waals surface area contributed by atoms with Gasteiger partial charge in [-0.15, -0.1) is 0 Å². The molecule has 0 spiro atoms. The van der Waals surface area contributed by atoms with Crippen LogP contribution in [0.2, 0.25) is 0 Å². The van der Waals surface area contributed by atoms with Crippen molar-refractivity contribution in [2.24, 2.45) is 0 Å². The Labute approximate surface area is 98.0 Å². The van der Waals surface area contributed by atoms with E-state index < -0.39 is 0 Å². The summed E-state index contributed by atoms with van der Waals surface area (Å²) in [6, 6.07) is 0. The SMILES string of the molecule is CCN(COC)COCN(COC)COC. The van der Waals surface area contributed by atoms with E-state index in [1.54, 1.807) is 21.3 Å². The summed E-state index contributed by atoms with van der Waals surface area (Å²) in [4.78, 5) is 3.94. The lowest BCUT2D eigenvalue weighted by molar-refractivity contribution is -0.110. The molecule has 0 bridgehead atoms. The minimum Gasteiger partial charge on any atom is -0.369 e. The standard InChI is InChI=1S/C10H24N2O4/c1-5-11(6-13-2)9-16-10-12(7-14-3)8-15-4/h5-10H2,1-4H3. The Hall–Kier alpha value is -0.240. The zero-order valence-corrected chi connectivity index (χ0v) is 10.8. The van der Waals surface area contributed by atoms with Crippen molar-refractivity contribution in [1.29, 1.82) is 0 Å². The van der Waals surface area contributed by atoms with E-state index in [0.29, 0.717) is 33.7 Å². The van der Waals surface area contributed by atoms with Crippen molar-refractivity contribution >= 4 is 0 Å². The van der Waals surface area contributed by atoms with Gasteiger partial charge >= 0.3 is 0 Å². The minimum atomic E-state index is 0.474. The summed E-state index contributed by atoms with van der Waals surface area (Å²) in [5.74, 6) is 0. The Morgan fingerprint density at radius 1 is 0.688 bits per heavy atom. The van der Waals surface area contributed by atoms with Crippen molar-refractivity contribution in [3.63, 3.8) is 0 Å². The second-order valence-electron chi connectivity index (χ2n) is 3.37. The molecule has 0 unspecified atom stereocenters. The molecule has 0 fully saturated rings. The predicted molar refractivity (Wildman–Crippen MR) is 60.7 cm³/mol. The molecular formula is C10H24N2O4. The summed E-state index contributed by atoms with van der Waals surface area (Å²) in [6.07, 6.45) is 0. The smallest absolute Gasteiger partial charge is 0.104 e. The fourth-order valence-corrected chi connectivity index (χ4v) is 1.18. The first-order valence-corrected chi connectivity index (χ1v) is 5.27. The lowest BCUT2D eigenvalue weighted by Crippen LogP contribution is -2.34. The zero-order valence-electron chi connectivity index (χ0n) is 10.8. The summed E-state index contributed by atoms with van der Waals surface area (Å²) >= 11 is 0. The third kappa shape index (κ3) is 7.98. The van der Waals surface area contributed by atoms with Gasteiger partial charge in [0.05, 0.1) is 0 Å². The average molecular weight is 236 g/mol. The maximum Gasteiger partial charge on any atom is 0.104 e. The van der Waals surface area contributed by atoms with E-state index in [0.717, 1.165) is 6.54 Å². The summed E-state index contributed by atoms with van der Waals surface area (Å²) in [7, 11) is 4.96. The van der Waals surface area contributed by atoms with E-state index >= 15 is 0 Å². The van der Waals surface area contributed by atoms with Gasteiger partial charge in [-0.1, -0.05) is 6.92 Å². The predicted octanol–water partition coefficient (Wildman–Crippen LogP) is 0.354. The van der Waals surface area contributed by atoms with Crippen molar-refractivity contribution in [2.45, 2.75) is 6.92 Å². The fourth-order valence-electron chi connectivity index (χ4n) is 1.18. The maximum atomic E-state index is 5.52. The number of rotatable bonds is 11. The van der Waals surface area contributed by atoms with Gasteiger partial charge < -0.3 is 18.9 Å². The number of methoxy groups -OCH3 is 3. The second kappa shape index (κ2) is 11.3. The molecule has 0 atom stereocenters. The van der Waals surface area contributed by atoms with Crippen LogP contribution in [-0.2, 0) is 18.9 Å². The molecule has 6 heteroatoms. The van der Waals surface area contributed by atoms with Crippen LogP contribution in [0.15, 0.2) is 0 Å². The lowest BCUT2D eigenvalue weighted by Gasteiger charge is -2.23. The quantitative estimate of drug-likeness (QED) is 0.482. The minimum absolute atomic E-state index is 0.474. The van der Waals surface area contributed by atoms with E-state index in [-0.39, 0.29) is 0 Å². The normalized spacial score (nSPS) is 11.6. The van der Waals surface area contributed by atoms with Crippen LogP contribution in [0.3, 0.4) is 0 Å². The Morgan fingerprint density at radius 2 is 1.12 bits per heavy atom. The Morgan fingerprint density at radius 3 is 1.56 bits per heavy atom. The number of ether oxygens (including phenoxy) is 4. The highest BCUT2D eigenvalue weighted by Crippen LogP contribution is 1.93. The molecule has 0 aliphatic heterocycles. The molecule has 0 aromatic rings. The highest BCUT2D eigenvalue weighted by Gasteiger charge is 2.05. The van der Waals surface area contributed by atoms with Gasteiger partial charge in [-0.2, -0.15) is 0 Å². The first-order valence-electron chi connectivity index (χ1n) is 5.27. The van der Waals surface area contributed by atoms with Gasteiger partial charge in [-0.25, -0.2) is 4.90 Å². The van der Waals surface area contributed by atoms with Crippen LogP contribution in [0.5, 0.6) is 0 Å². The van der Waals surface area contributed by atoms with E-state index in [1.807, 2.05) is 9.80 Å². The number of nitrogens with zero attached hydrogens (tertiary/aromatic N) is 2. The third-order valence-electron chi connectivity index (χ3n) is 1.93. The molecule has 0 aromatic heterocycles. The molecule has 0 heterocycles. The summed E-state index contributed by atoms with van der Waals surface area (Å²) in [6.45, 7) is 5.52. The van der Waals surface area contributed by atoms with Crippen LogP contribution in [-0.4, -0.2) is 71.3 Å². The molecule has 0 radical (unpaired) electrons. The highest BCUT2D eigenvalue weighted by atomic mass is 16.5.